The predicted octanol–water partition coefficient (Wildman–Crippen LogP) is 0.350. The fourth-order valence-electron chi connectivity index (χ4n) is 2.04. The number of nitrogens with one attached hydrogen (secondary N) is 1. The van der Waals surface area contributed by atoms with Crippen LogP contribution in [-0.2, 0) is 24.3 Å². The summed E-state index contributed by atoms with van der Waals surface area (Å²) in [5.74, 6) is 2.89. The Hall–Kier alpha value is -0.940. The van der Waals surface area contributed by atoms with Crippen molar-refractivity contribution in [1.29, 1.82) is 0 Å². The van der Waals surface area contributed by atoms with Crippen LogP contribution in [0.15, 0.2) is 0 Å². The number of nitrogens with zero attached hydrogens (tertiary/aromatic N) is 3. The van der Waals surface area contributed by atoms with E-state index in [1.165, 1.54) is 12.8 Å². The van der Waals surface area contributed by atoms with Gasteiger partial charge < -0.3 is 14.6 Å². The summed E-state index contributed by atoms with van der Waals surface area (Å²) in [6, 6.07) is 0. The van der Waals surface area contributed by atoms with Crippen LogP contribution in [0.4, 0.5) is 0 Å². The summed E-state index contributed by atoms with van der Waals surface area (Å²) in [6.45, 7) is 4.47. The molecule has 5 heteroatoms. The van der Waals surface area contributed by atoms with Gasteiger partial charge in [-0.2, -0.15) is 0 Å². The van der Waals surface area contributed by atoms with Gasteiger partial charge in [0.25, 0.3) is 0 Å². The second-order valence-electron chi connectivity index (χ2n) is 4.64. The first-order valence-corrected chi connectivity index (χ1v) is 6.13. The molecule has 1 aliphatic heterocycles. The molecule has 1 saturated carbocycles. The van der Waals surface area contributed by atoms with E-state index in [1.54, 1.807) is 0 Å². The van der Waals surface area contributed by atoms with E-state index in [4.69, 9.17) is 4.74 Å². The van der Waals surface area contributed by atoms with Crippen LogP contribution in [0.1, 0.15) is 24.5 Å². The Labute approximate surface area is 95.2 Å². The third-order valence-corrected chi connectivity index (χ3v) is 3.22. The summed E-state index contributed by atoms with van der Waals surface area (Å²) in [5, 5.41) is 11.8. The maximum atomic E-state index is 5.67. The lowest BCUT2D eigenvalue weighted by Crippen LogP contribution is -2.18. The summed E-state index contributed by atoms with van der Waals surface area (Å²) < 4.78 is 7.87. The monoisotopic (exact) mass is 222 g/mol. The molecule has 0 amide bonds. The van der Waals surface area contributed by atoms with Gasteiger partial charge in [0.1, 0.15) is 12.4 Å². The van der Waals surface area contributed by atoms with Gasteiger partial charge in [0.15, 0.2) is 5.82 Å². The van der Waals surface area contributed by atoms with Crippen LogP contribution in [0.25, 0.3) is 0 Å². The number of rotatable bonds is 4. The molecule has 1 aromatic heterocycles. The molecular formula is C11H18N4O. The molecule has 2 aliphatic rings. The molecular weight excluding hydrogens is 204 g/mol. The molecule has 88 valence electrons. The van der Waals surface area contributed by atoms with Crippen molar-refractivity contribution in [3.8, 4) is 0 Å². The highest BCUT2D eigenvalue weighted by atomic mass is 16.5. The minimum absolute atomic E-state index is 0.615. The van der Waals surface area contributed by atoms with Crippen molar-refractivity contribution in [3.63, 3.8) is 0 Å². The minimum atomic E-state index is 0.615. The molecule has 2 heterocycles. The first-order chi connectivity index (χ1) is 7.93. The van der Waals surface area contributed by atoms with E-state index in [2.05, 4.69) is 20.1 Å². The van der Waals surface area contributed by atoms with Gasteiger partial charge in [-0.1, -0.05) is 0 Å². The minimum Gasteiger partial charge on any atom is -0.373 e. The molecule has 3 rings (SSSR count). The lowest BCUT2D eigenvalue weighted by molar-refractivity contribution is 0.103. The Balaban J connectivity index is 1.62. The Morgan fingerprint density at radius 3 is 3.12 bits per heavy atom. The molecule has 0 aromatic carbocycles. The van der Waals surface area contributed by atoms with E-state index >= 15 is 0 Å². The number of aromatic nitrogens is 3. The van der Waals surface area contributed by atoms with Crippen LogP contribution in [0.3, 0.4) is 0 Å². The maximum absolute atomic E-state index is 5.67. The zero-order valence-electron chi connectivity index (χ0n) is 9.48. The molecule has 0 bridgehead atoms. The number of hydrogen-bond donors (Lipinski definition) is 1. The van der Waals surface area contributed by atoms with Crippen molar-refractivity contribution in [3.05, 3.63) is 11.6 Å². The molecule has 1 aliphatic carbocycles. The molecule has 5 nitrogen and oxygen atoms in total. The normalized spacial score (nSPS) is 20.5. The number of ether oxygens (including phenoxy) is 1. The molecule has 0 radical (unpaired) electrons. The maximum Gasteiger partial charge on any atom is 0.159 e. The standard InChI is InChI=1S/C11H18N4O/c1-2-9(1)7-16-8-11-14-13-10-3-4-12-5-6-15(10)11/h9,12H,1-8H2. The highest BCUT2D eigenvalue weighted by Crippen LogP contribution is 2.29. The summed E-state index contributed by atoms with van der Waals surface area (Å²) in [4.78, 5) is 0. The summed E-state index contributed by atoms with van der Waals surface area (Å²) in [5.41, 5.74) is 0. The molecule has 1 fully saturated rings. The van der Waals surface area contributed by atoms with Gasteiger partial charge in [0.2, 0.25) is 0 Å². The average molecular weight is 222 g/mol. The van der Waals surface area contributed by atoms with Crippen molar-refractivity contribution >= 4 is 0 Å². The van der Waals surface area contributed by atoms with E-state index in [9.17, 15) is 0 Å². The van der Waals surface area contributed by atoms with Crippen LogP contribution in [0.5, 0.6) is 0 Å². The van der Waals surface area contributed by atoms with E-state index in [-0.39, 0.29) is 0 Å². The lowest BCUT2D eigenvalue weighted by Gasteiger charge is -2.06. The Morgan fingerprint density at radius 1 is 1.31 bits per heavy atom. The predicted molar refractivity (Wildman–Crippen MR) is 59.0 cm³/mol. The van der Waals surface area contributed by atoms with E-state index < -0.39 is 0 Å². The van der Waals surface area contributed by atoms with Gasteiger partial charge in [-0.3, -0.25) is 0 Å². The van der Waals surface area contributed by atoms with E-state index in [0.29, 0.717) is 6.61 Å². The van der Waals surface area contributed by atoms with Gasteiger partial charge in [0, 0.05) is 32.7 Å². The summed E-state index contributed by atoms with van der Waals surface area (Å²) in [7, 11) is 0. The van der Waals surface area contributed by atoms with Gasteiger partial charge >= 0.3 is 0 Å². The zero-order valence-corrected chi connectivity index (χ0v) is 9.48. The third-order valence-electron chi connectivity index (χ3n) is 3.22. The fraction of sp³-hybridized carbons (Fsp3) is 0.818. The lowest BCUT2D eigenvalue weighted by atomic mass is 10.4. The van der Waals surface area contributed by atoms with Crippen molar-refractivity contribution in [2.75, 3.05) is 19.7 Å². The van der Waals surface area contributed by atoms with Gasteiger partial charge in [-0.25, -0.2) is 0 Å². The largest absolute Gasteiger partial charge is 0.373 e. The van der Waals surface area contributed by atoms with Crippen LogP contribution in [-0.4, -0.2) is 34.5 Å². The number of hydrogen-bond acceptors (Lipinski definition) is 4. The third kappa shape index (κ3) is 2.25. The van der Waals surface area contributed by atoms with Gasteiger partial charge in [-0.05, 0) is 18.8 Å². The average Bonchev–Trinajstić information content (AvgIpc) is 3.06. The fourth-order valence-corrected chi connectivity index (χ4v) is 2.04. The van der Waals surface area contributed by atoms with Crippen LogP contribution < -0.4 is 5.32 Å². The Bertz CT molecular complexity index is 359. The molecule has 1 N–H and O–H groups in total. The summed E-state index contributed by atoms with van der Waals surface area (Å²) >= 11 is 0. The van der Waals surface area contributed by atoms with Crippen LogP contribution in [0.2, 0.25) is 0 Å². The van der Waals surface area contributed by atoms with E-state index in [0.717, 1.165) is 50.2 Å². The van der Waals surface area contributed by atoms with Crippen LogP contribution >= 0.6 is 0 Å². The van der Waals surface area contributed by atoms with Crippen molar-refractivity contribution in [2.24, 2.45) is 5.92 Å². The SMILES string of the molecule is C1Cc2nnc(COCC3CC3)n2CCN1. The molecule has 0 unspecified atom stereocenters. The van der Waals surface area contributed by atoms with Crippen molar-refractivity contribution in [2.45, 2.75) is 32.4 Å². The molecule has 16 heavy (non-hydrogen) atoms. The zero-order chi connectivity index (χ0) is 10.8. The van der Waals surface area contributed by atoms with Crippen LogP contribution in [0, 0.1) is 5.92 Å². The first kappa shape index (κ1) is 10.2. The topological polar surface area (TPSA) is 52.0 Å². The Kier molecular flexibility index (Phi) is 2.88. The quantitative estimate of drug-likeness (QED) is 0.798. The highest BCUT2D eigenvalue weighted by Gasteiger charge is 2.22. The first-order valence-electron chi connectivity index (χ1n) is 6.13. The van der Waals surface area contributed by atoms with E-state index in [1.807, 2.05) is 0 Å². The van der Waals surface area contributed by atoms with Crippen molar-refractivity contribution in [1.82, 2.24) is 20.1 Å². The molecule has 0 atom stereocenters. The molecule has 0 saturated heterocycles. The molecule has 1 aromatic rings. The van der Waals surface area contributed by atoms with Gasteiger partial charge in [-0.15, -0.1) is 10.2 Å². The second-order valence-corrected chi connectivity index (χ2v) is 4.64. The smallest absolute Gasteiger partial charge is 0.159 e. The molecule has 0 spiro atoms. The summed E-state index contributed by atoms with van der Waals surface area (Å²) in [6.07, 6.45) is 3.64. The number of fused-ring (bicyclic) bond motifs is 1. The second kappa shape index (κ2) is 4.51. The Morgan fingerprint density at radius 2 is 2.25 bits per heavy atom. The van der Waals surface area contributed by atoms with Crippen molar-refractivity contribution < 1.29 is 4.74 Å². The van der Waals surface area contributed by atoms with Gasteiger partial charge in [0.05, 0.1) is 0 Å². The highest BCUT2D eigenvalue weighted by molar-refractivity contribution is 4.97.